The molecule has 108 valence electrons. The second-order valence-corrected chi connectivity index (χ2v) is 6.09. The van der Waals surface area contributed by atoms with Crippen LogP contribution < -0.4 is 0 Å². The number of aromatic carboxylic acids is 1. The summed E-state index contributed by atoms with van der Waals surface area (Å²) in [6.45, 7) is 0. The summed E-state index contributed by atoms with van der Waals surface area (Å²) in [7, 11) is 1.33. The summed E-state index contributed by atoms with van der Waals surface area (Å²) in [5.41, 5.74) is 0.683. The molecule has 0 saturated carbocycles. The van der Waals surface area contributed by atoms with Crippen molar-refractivity contribution in [3.63, 3.8) is 0 Å². The molecule has 0 aliphatic heterocycles. The van der Waals surface area contributed by atoms with Gasteiger partial charge < -0.3 is 9.84 Å². The van der Waals surface area contributed by atoms with E-state index in [-0.39, 0.29) is 5.56 Å². The van der Waals surface area contributed by atoms with Gasteiger partial charge >= 0.3 is 11.9 Å². The van der Waals surface area contributed by atoms with Crippen LogP contribution >= 0.6 is 27.7 Å². The molecular formula is C15H11BrO4S. The van der Waals surface area contributed by atoms with Gasteiger partial charge in [0.25, 0.3) is 0 Å². The van der Waals surface area contributed by atoms with Crippen LogP contribution in [0.4, 0.5) is 0 Å². The number of esters is 1. The summed E-state index contributed by atoms with van der Waals surface area (Å²) in [6, 6.07) is 11.9. The SMILES string of the molecule is COC(=O)c1ccc(Sc2ccc(Br)cc2C(=O)O)cc1. The number of methoxy groups -OCH3 is 1. The molecule has 0 aromatic heterocycles. The van der Waals surface area contributed by atoms with Crippen LogP contribution in [0.5, 0.6) is 0 Å². The molecule has 0 amide bonds. The number of benzene rings is 2. The first-order chi connectivity index (χ1) is 10.0. The molecule has 0 heterocycles. The van der Waals surface area contributed by atoms with E-state index < -0.39 is 11.9 Å². The van der Waals surface area contributed by atoms with Crippen LogP contribution in [0.3, 0.4) is 0 Å². The van der Waals surface area contributed by atoms with Gasteiger partial charge in [0.2, 0.25) is 0 Å². The number of hydrogen-bond donors (Lipinski definition) is 1. The monoisotopic (exact) mass is 366 g/mol. The first-order valence-corrected chi connectivity index (χ1v) is 7.51. The minimum absolute atomic E-state index is 0.228. The van der Waals surface area contributed by atoms with E-state index in [9.17, 15) is 14.7 Å². The Kier molecular flexibility index (Phi) is 5.03. The molecule has 0 atom stereocenters. The summed E-state index contributed by atoms with van der Waals surface area (Å²) < 4.78 is 5.34. The summed E-state index contributed by atoms with van der Waals surface area (Å²) >= 11 is 4.58. The first-order valence-electron chi connectivity index (χ1n) is 5.90. The van der Waals surface area contributed by atoms with Crippen molar-refractivity contribution in [2.24, 2.45) is 0 Å². The van der Waals surface area contributed by atoms with Gasteiger partial charge in [0.15, 0.2) is 0 Å². The third kappa shape index (κ3) is 3.86. The third-order valence-corrected chi connectivity index (χ3v) is 4.25. The Bertz CT molecular complexity index is 683. The van der Waals surface area contributed by atoms with Crippen molar-refractivity contribution in [2.75, 3.05) is 7.11 Å². The highest BCUT2D eigenvalue weighted by atomic mass is 79.9. The van der Waals surface area contributed by atoms with Crippen molar-refractivity contribution in [1.29, 1.82) is 0 Å². The van der Waals surface area contributed by atoms with Crippen LogP contribution in [-0.2, 0) is 4.74 Å². The maximum atomic E-state index is 11.4. The van der Waals surface area contributed by atoms with E-state index in [4.69, 9.17) is 0 Å². The predicted molar refractivity (Wildman–Crippen MR) is 83.0 cm³/mol. The van der Waals surface area contributed by atoms with Crippen LogP contribution in [0, 0.1) is 0 Å². The van der Waals surface area contributed by atoms with Crippen LogP contribution in [0.15, 0.2) is 56.7 Å². The zero-order chi connectivity index (χ0) is 15.4. The van der Waals surface area contributed by atoms with Gasteiger partial charge in [0.1, 0.15) is 0 Å². The van der Waals surface area contributed by atoms with Crippen molar-refractivity contribution in [3.8, 4) is 0 Å². The van der Waals surface area contributed by atoms with Gasteiger partial charge in [0, 0.05) is 14.3 Å². The zero-order valence-corrected chi connectivity index (χ0v) is 13.4. The molecule has 2 rings (SSSR count). The maximum absolute atomic E-state index is 11.4. The molecule has 0 aliphatic carbocycles. The van der Waals surface area contributed by atoms with Gasteiger partial charge in [-0.2, -0.15) is 0 Å². The summed E-state index contributed by atoms with van der Waals surface area (Å²) in [5, 5.41) is 9.22. The van der Waals surface area contributed by atoms with Gasteiger partial charge in [-0.15, -0.1) is 0 Å². The van der Waals surface area contributed by atoms with E-state index in [0.29, 0.717) is 14.9 Å². The second kappa shape index (κ2) is 6.78. The fourth-order valence-corrected chi connectivity index (χ4v) is 2.94. The van der Waals surface area contributed by atoms with Crippen LogP contribution in [0.1, 0.15) is 20.7 Å². The summed E-state index contributed by atoms with van der Waals surface area (Å²) in [4.78, 5) is 24.1. The largest absolute Gasteiger partial charge is 0.478 e. The summed E-state index contributed by atoms with van der Waals surface area (Å²) in [5.74, 6) is -1.38. The Labute approximate surface area is 134 Å². The standard InChI is InChI=1S/C15H11BrO4S/c1-20-15(19)9-2-5-11(6-3-9)21-13-7-4-10(16)8-12(13)14(17)18/h2-8H,1H3,(H,17,18). The molecule has 0 spiro atoms. The van der Waals surface area contributed by atoms with E-state index in [0.717, 1.165) is 4.90 Å². The highest BCUT2D eigenvalue weighted by molar-refractivity contribution is 9.10. The minimum atomic E-state index is -0.981. The topological polar surface area (TPSA) is 63.6 Å². The van der Waals surface area contributed by atoms with Gasteiger partial charge in [-0.3, -0.25) is 0 Å². The third-order valence-electron chi connectivity index (χ3n) is 2.68. The molecule has 0 aliphatic rings. The van der Waals surface area contributed by atoms with Gasteiger partial charge in [0.05, 0.1) is 18.2 Å². The number of ether oxygens (including phenoxy) is 1. The van der Waals surface area contributed by atoms with Crippen LogP contribution in [0.25, 0.3) is 0 Å². The van der Waals surface area contributed by atoms with E-state index in [1.165, 1.54) is 18.9 Å². The van der Waals surface area contributed by atoms with Crippen molar-refractivity contribution >= 4 is 39.6 Å². The number of rotatable bonds is 4. The Hall–Kier alpha value is -1.79. The lowest BCUT2D eigenvalue weighted by Gasteiger charge is -2.07. The number of carbonyl (C=O) groups excluding carboxylic acids is 1. The highest BCUT2D eigenvalue weighted by Crippen LogP contribution is 2.32. The molecule has 2 aromatic rings. The Morgan fingerprint density at radius 2 is 1.81 bits per heavy atom. The van der Waals surface area contributed by atoms with Gasteiger partial charge in [-0.1, -0.05) is 27.7 Å². The van der Waals surface area contributed by atoms with Crippen molar-refractivity contribution in [3.05, 3.63) is 58.1 Å². The fraction of sp³-hybridized carbons (Fsp3) is 0.0667. The first kappa shape index (κ1) is 15.6. The van der Waals surface area contributed by atoms with Gasteiger partial charge in [-0.25, -0.2) is 9.59 Å². The van der Waals surface area contributed by atoms with E-state index >= 15 is 0 Å². The molecule has 21 heavy (non-hydrogen) atoms. The van der Waals surface area contributed by atoms with Crippen LogP contribution in [-0.4, -0.2) is 24.2 Å². The molecule has 0 saturated heterocycles. The molecule has 2 aromatic carbocycles. The molecule has 4 nitrogen and oxygen atoms in total. The van der Waals surface area contributed by atoms with Crippen molar-refractivity contribution < 1.29 is 19.4 Å². The smallest absolute Gasteiger partial charge is 0.337 e. The lowest BCUT2D eigenvalue weighted by molar-refractivity contribution is 0.0599. The predicted octanol–water partition coefficient (Wildman–Crippen LogP) is 4.09. The minimum Gasteiger partial charge on any atom is -0.478 e. The maximum Gasteiger partial charge on any atom is 0.337 e. The van der Waals surface area contributed by atoms with E-state index in [2.05, 4.69) is 20.7 Å². The normalized spacial score (nSPS) is 10.2. The average molecular weight is 367 g/mol. The van der Waals surface area contributed by atoms with Gasteiger partial charge in [-0.05, 0) is 42.5 Å². The molecule has 0 fully saturated rings. The molecule has 0 bridgehead atoms. The van der Waals surface area contributed by atoms with E-state index in [1.807, 2.05) is 0 Å². The number of carboxylic acid groups (broad SMARTS) is 1. The molecule has 6 heteroatoms. The van der Waals surface area contributed by atoms with E-state index in [1.54, 1.807) is 42.5 Å². The number of carbonyl (C=O) groups is 2. The summed E-state index contributed by atoms with van der Waals surface area (Å²) in [6.07, 6.45) is 0. The van der Waals surface area contributed by atoms with Crippen molar-refractivity contribution in [1.82, 2.24) is 0 Å². The Morgan fingerprint density at radius 1 is 1.14 bits per heavy atom. The Morgan fingerprint density at radius 3 is 2.38 bits per heavy atom. The lowest BCUT2D eigenvalue weighted by atomic mass is 10.2. The quantitative estimate of drug-likeness (QED) is 0.825. The van der Waals surface area contributed by atoms with Crippen LogP contribution in [0.2, 0.25) is 0 Å². The molecule has 0 unspecified atom stereocenters. The highest BCUT2D eigenvalue weighted by Gasteiger charge is 2.12. The molecule has 1 N–H and O–H groups in total. The zero-order valence-electron chi connectivity index (χ0n) is 11.0. The second-order valence-electron chi connectivity index (χ2n) is 4.06. The Balaban J connectivity index is 2.26. The fourth-order valence-electron chi connectivity index (χ4n) is 1.66. The number of halogens is 1. The lowest BCUT2D eigenvalue weighted by Crippen LogP contribution is -2.00. The average Bonchev–Trinajstić information content (AvgIpc) is 2.49. The molecular weight excluding hydrogens is 356 g/mol. The van der Waals surface area contributed by atoms with Crippen molar-refractivity contribution in [2.45, 2.75) is 9.79 Å². The number of carboxylic acids is 1. The molecule has 0 radical (unpaired) electrons. The number of hydrogen-bond acceptors (Lipinski definition) is 4.